The molecule has 1 aromatic heterocycles. The number of rotatable bonds is 11. The van der Waals surface area contributed by atoms with E-state index in [1.165, 1.54) is 12.1 Å². The fourth-order valence-electron chi connectivity index (χ4n) is 3.33. The quantitative estimate of drug-likeness (QED) is 0.197. The molecule has 1 N–H and O–H groups in total. The summed E-state index contributed by atoms with van der Waals surface area (Å²) >= 11 is 7.26. The van der Waals surface area contributed by atoms with Gasteiger partial charge in [0.15, 0.2) is 16.7 Å². The smallest absolute Gasteiger partial charge is 0.416 e. The summed E-state index contributed by atoms with van der Waals surface area (Å²) in [4.78, 5) is 22.8. The van der Waals surface area contributed by atoms with Crippen LogP contribution in [0.25, 0.3) is 0 Å². The predicted octanol–water partition coefficient (Wildman–Crippen LogP) is 5.25. The molecule has 0 radical (unpaired) electrons. The molecule has 0 bridgehead atoms. The Kier molecular flexibility index (Phi) is 9.87. The zero-order valence-electron chi connectivity index (χ0n) is 20.4. The number of hydrogen-bond acceptors (Lipinski definition) is 7. The number of anilines is 1. The molecule has 3 rings (SSSR count). The van der Waals surface area contributed by atoms with Crippen molar-refractivity contribution >= 4 is 35.1 Å². The molecule has 0 spiro atoms. The highest BCUT2D eigenvalue weighted by Crippen LogP contribution is 2.30. The Balaban J connectivity index is 1.54. The number of carbonyl (C=O) groups excluding carboxylic acids is 1. The minimum absolute atomic E-state index is 0.0197. The molecule has 0 fully saturated rings. The number of amides is 1. The lowest BCUT2D eigenvalue weighted by molar-refractivity contribution is -0.137. The van der Waals surface area contributed by atoms with Crippen molar-refractivity contribution in [1.29, 1.82) is 0 Å². The van der Waals surface area contributed by atoms with Crippen LogP contribution in [0.4, 0.5) is 19.0 Å². The van der Waals surface area contributed by atoms with Crippen LogP contribution < -0.4 is 19.7 Å². The zero-order chi connectivity index (χ0) is 27.0. The van der Waals surface area contributed by atoms with E-state index < -0.39 is 11.7 Å². The van der Waals surface area contributed by atoms with Gasteiger partial charge in [-0.3, -0.25) is 4.79 Å². The number of aromatic nitrogens is 2. The maximum atomic E-state index is 12.9. The first kappa shape index (κ1) is 28.4. The number of likely N-dealkylation sites (N-methyl/N-ethyl adjacent to an activating group) is 1. The van der Waals surface area contributed by atoms with E-state index in [0.717, 1.165) is 29.5 Å². The summed E-state index contributed by atoms with van der Waals surface area (Å²) in [6.45, 7) is 0.605. The van der Waals surface area contributed by atoms with E-state index in [0.29, 0.717) is 41.0 Å². The highest BCUT2D eigenvalue weighted by molar-refractivity contribution is 7.99. The lowest BCUT2D eigenvalue weighted by Gasteiger charge is -2.19. The van der Waals surface area contributed by atoms with Gasteiger partial charge in [-0.1, -0.05) is 41.6 Å². The van der Waals surface area contributed by atoms with Crippen molar-refractivity contribution in [2.75, 3.05) is 38.5 Å². The number of thioether (sulfide) groups is 1. The third kappa shape index (κ3) is 8.43. The fourth-order valence-corrected chi connectivity index (χ4v) is 4.24. The maximum absolute atomic E-state index is 12.9. The Morgan fingerprint density at radius 3 is 2.51 bits per heavy atom. The number of ether oxygens (including phenoxy) is 2. The van der Waals surface area contributed by atoms with Gasteiger partial charge in [-0.25, -0.2) is 9.97 Å². The van der Waals surface area contributed by atoms with E-state index >= 15 is 0 Å². The summed E-state index contributed by atoms with van der Waals surface area (Å²) in [6, 6.07) is 12.2. The van der Waals surface area contributed by atoms with Gasteiger partial charge in [0.25, 0.3) is 0 Å². The SMILES string of the molecule is COc1ccc(CCN(C)c2cc(Cl)nc(SCC(=O)NCc3cccc(C(F)(F)F)c3)n2)cc1OC. The van der Waals surface area contributed by atoms with Crippen molar-refractivity contribution in [1.82, 2.24) is 15.3 Å². The second-order valence-corrected chi connectivity index (χ2v) is 9.29. The lowest BCUT2D eigenvalue weighted by atomic mass is 10.1. The molecule has 0 atom stereocenters. The molecule has 7 nitrogen and oxygen atoms in total. The maximum Gasteiger partial charge on any atom is 0.416 e. The molecule has 2 aromatic carbocycles. The molecule has 0 aliphatic heterocycles. The molecule has 198 valence electrons. The third-order valence-electron chi connectivity index (χ3n) is 5.31. The Labute approximate surface area is 222 Å². The van der Waals surface area contributed by atoms with E-state index in [9.17, 15) is 18.0 Å². The highest BCUT2D eigenvalue weighted by Gasteiger charge is 2.30. The van der Waals surface area contributed by atoms with Gasteiger partial charge in [-0.15, -0.1) is 0 Å². The molecule has 3 aromatic rings. The number of carbonyl (C=O) groups is 1. The summed E-state index contributed by atoms with van der Waals surface area (Å²) in [6.07, 6.45) is -3.73. The molecule has 1 heterocycles. The number of alkyl halides is 3. The first-order valence-corrected chi connectivity index (χ1v) is 12.5. The lowest BCUT2D eigenvalue weighted by Crippen LogP contribution is -2.25. The van der Waals surface area contributed by atoms with Crippen LogP contribution in [0.2, 0.25) is 5.15 Å². The molecular weight excluding hydrogens is 529 g/mol. The normalized spacial score (nSPS) is 11.2. The second-order valence-electron chi connectivity index (χ2n) is 7.96. The van der Waals surface area contributed by atoms with Crippen LogP contribution in [0.1, 0.15) is 16.7 Å². The van der Waals surface area contributed by atoms with Crippen LogP contribution in [0.15, 0.2) is 53.7 Å². The number of nitrogens with one attached hydrogen (secondary N) is 1. The highest BCUT2D eigenvalue weighted by atomic mass is 35.5. The average Bonchev–Trinajstić information content (AvgIpc) is 2.88. The largest absolute Gasteiger partial charge is 0.493 e. The van der Waals surface area contributed by atoms with Gasteiger partial charge in [-0.05, 0) is 41.8 Å². The predicted molar refractivity (Wildman–Crippen MR) is 138 cm³/mol. The van der Waals surface area contributed by atoms with Crippen molar-refractivity contribution in [2.24, 2.45) is 0 Å². The topological polar surface area (TPSA) is 76.6 Å². The molecule has 1 amide bonds. The summed E-state index contributed by atoms with van der Waals surface area (Å²) in [5.74, 6) is 1.51. The first-order valence-electron chi connectivity index (χ1n) is 11.1. The van der Waals surface area contributed by atoms with Crippen LogP contribution in [-0.4, -0.2) is 49.4 Å². The molecule has 0 unspecified atom stereocenters. The van der Waals surface area contributed by atoms with E-state index in [2.05, 4.69) is 15.3 Å². The molecule has 37 heavy (non-hydrogen) atoms. The number of halogens is 4. The minimum Gasteiger partial charge on any atom is -0.493 e. The molecular formula is C25H26ClF3N4O3S. The number of nitrogens with zero attached hydrogens (tertiary/aromatic N) is 3. The summed E-state index contributed by atoms with van der Waals surface area (Å²) in [5.41, 5.74) is 0.644. The molecule has 0 aliphatic carbocycles. The van der Waals surface area contributed by atoms with Crippen LogP contribution in [-0.2, 0) is 23.9 Å². The van der Waals surface area contributed by atoms with Gasteiger partial charge in [0.1, 0.15) is 11.0 Å². The number of methoxy groups -OCH3 is 2. The summed E-state index contributed by atoms with van der Waals surface area (Å²) in [5, 5.41) is 3.16. The van der Waals surface area contributed by atoms with Gasteiger partial charge in [0, 0.05) is 26.2 Å². The van der Waals surface area contributed by atoms with Gasteiger partial charge in [-0.2, -0.15) is 13.2 Å². The van der Waals surface area contributed by atoms with Crippen molar-refractivity contribution in [2.45, 2.75) is 24.3 Å². The first-order chi connectivity index (χ1) is 17.6. The van der Waals surface area contributed by atoms with Gasteiger partial charge < -0.3 is 19.7 Å². The van der Waals surface area contributed by atoms with E-state index in [4.69, 9.17) is 21.1 Å². The van der Waals surface area contributed by atoms with Crippen LogP contribution >= 0.6 is 23.4 Å². The van der Waals surface area contributed by atoms with Gasteiger partial charge >= 0.3 is 6.18 Å². The molecule has 0 aliphatic rings. The molecule has 12 heteroatoms. The van der Waals surface area contributed by atoms with Crippen molar-refractivity contribution < 1.29 is 27.4 Å². The Morgan fingerprint density at radius 1 is 1.05 bits per heavy atom. The second kappa shape index (κ2) is 12.9. The fraction of sp³-hybridized carbons (Fsp3) is 0.320. The Hall–Kier alpha value is -3.18. The van der Waals surface area contributed by atoms with E-state index in [1.54, 1.807) is 20.3 Å². The van der Waals surface area contributed by atoms with Gasteiger partial charge in [0.05, 0.1) is 25.5 Å². The summed E-state index contributed by atoms with van der Waals surface area (Å²) < 4.78 is 49.2. The monoisotopic (exact) mass is 554 g/mol. The zero-order valence-corrected chi connectivity index (χ0v) is 22.0. The van der Waals surface area contributed by atoms with Crippen LogP contribution in [0.5, 0.6) is 11.5 Å². The number of benzene rings is 2. The van der Waals surface area contributed by atoms with Crippen LogP contribution in [0.3, 0.4) is 0 Å². The van der Waals surface area contributed by atoms with E-state index in [-0.39, 0.29) is 23.4 Å². The Morgan fingerprint density at radius 2 is 1.81 bits per heavy atom. The summed E-state index contributed by atoms with van der Waals surface area (Å²) in [7, 11) is 5.04. The van der Waals surface area contributed by atoms with Crippen molar-refractivity contribution in [3.63, 3.8) is 0 Å². The van der Waals surface area contributed by atoms with E-state index in [1.807, 2.05) is 30.1 Å². The number of hydrogen-bond donors (Lipinski definition) is 1. The molecule has 0 saturated carbocycles. The van der Waals surface area contributed by atoms with Crippen molar-refractivity contribution in [3.05, 3.63) is 70.4 Å². The molecule has 0 saturated heterocycles. The van der Waals surface area contributed by atoms with Gasteiger partial charge in [0.2, 0.25) is 5.91 Å². The van der Waals surface area contributed by atoms with Crippen LogP contribution in [0, 0.1) is 0 Å². The minimum atomic E-state index is -4.44. The standard InChI is InChI=1S/C25H26ClF3N4O3S/c1-33(10-9-16-7-8-19(35-2)20(12-16)36-3)22-13-21(26)31-24(32-22)37-15-23(34)30-14-17-5-4-6-18(11-17)25(27,28)29/h4-8,11-13H,9-10,14-15H2,1-3H3,(H,30,34). The Bertz CT molecular complexity index is 1230. The third-order valence-corrected chi connectivity index (χ3v) is 6.35. The average molecular weight is 555 g/mol. The van der Waals surface area contributed by atoms with Crippen molar-refractivity contribution in [3.8, 4) is 11.5 Å².